The molecule has 3 unspecified atom stereocenters. The number of hydrogen-bond acceptors (Lipinski definition) is 5. The second kappa shape index (κ2) is 5.98. The van der Waals surface area contributed by atoms with E-state index in [9.17, 15) is 13.5 Å². The van der Waals surface area contributed by atoms with Gasteiger partial charge in [0.1, 0.15) is 0 Å². The van der Waals surface area contributed by atoms with E-state index in [4.69, 9.17) is 5.73 Å². The minimum Gasteiger partial charge on any atom is -0.391 e. The Morgan fingerprint density at radius 2 is 2.26 bits per heavy atom. The van der Waals surface area contributed by atoms with Gasteiger partial charge in [0, 0.05) is 24.9 Å². The minimum absolute atomic E-state index is 0.166. The lowest BCUT2D eigenvalue weighted by atomic mass is 9.91. The lowest BCUT2D eigenvalue weighted by Crippen LogP contribution is -2.43. The summed E-state index contributed by atoms with van der Waals surface area (Å²) in [5, 5.41) is 9.74. The highest BCUT2D eigenvalue weighted by Gasteiger charge is 2.38. The molecular formula is C13H20N2O3S. The van der Waals surface area contributed by atoms with Crippen molar-refractivity contribution in [3.63, 3.8) is 0 Å². The van der Waals surface area contributed by atoms with Gasteiger partial charge in [0.05, 0.1) is 17.1 Å². The van der Waals surface area contributed by atoms with Crippen molar-refractivity contribution >= 4 is 9.84 Å². The van der Waals surface area contributed by atoms with Crippen molar-refractivity contribution in [2.24, 2.45) is 5.73 Å². The monoisotopic (exact) mass is 284 g/mol. The maximum absolute atomic E-state index is 12.1. The van der Waals surface area contributed by atoms with Gasteiger partial charge < -0.3 is 10.8 Å². The zero-order valence-electron chi connectivity index (χ0n) is 10.8. The van der Waals surface area contributed by atoms with Crippen LogP contribution in [0.5, 0.6) is 0 Å². The molecule has 3 atom stereocenters. The summed E-state index contributed by atoms with van der Waals surface area (Å²) >= 11 is 0. The molecule has 0 spiro atoms. The average Bonchev–Trinajstić information content (AvgIpc) is 2.40. The fraction of sp³-hybridized carbons (Fsp3) is 0.615. The van der Waals surface area contributed by atoms with E-state index in [2.05, 4.69) is 4.98 Å². The summed E-state index contributed by atoms with van der Waals surface area (Å²) in [4.78, 5) is 4.00. The molecule has 106 valence electrons. The van der Waals surface area contributed by atoms with Crippen molar-refractivity contribution in [3.8, 4) is 0 Å². The lowest BCUT2D eigenvalue weighted by Gasteiger charge is -2.31. The van der Waals surface area contributed by atoms with E-state index in [1.54, 1.807) is 18.5 Å². The molecule has 6 heteroatoms. The van der Waals surface area contributed by atoms with Gasteiger partial charge in [0.25, 0.3) is 0 Å². The third kappa shape index (κ3) is 3.13. The highest BCUT2D eigenvalue weighted by atomic mass is 32.2. The maximum atomic E-state index is 12.1. The summed E-state index contributed by atoms with van der Waals surface area (Å²) < 4.78 is 24.1. The third-order valence-electron chi connectivity index (χ3n) is 3.79. The maximum Gasteiger partial charge on any atom is 0.155 e. The summed E-state index contributed by atoms with van der Waals surface area (Å²) in [6.45, 7) is 0.207. The van der Waals surface area contributed by atoms with E-state index < -0.39 is 21.2 Å². The zero-order valence-corrected chi connectivity index (χ0v) is 11.6. The highest BCUT2D eigenvalue weighted by molar-refractivity contribution is 7.92. The summed E-state index contributed by atoms with van der Waals surface area (Å²) in [6, 6.07) is 3.59. The Morgan fingerprint density at radius 3 is 2.84 bits per heavy atom. The largest absolute Gasteiger partial charge is 0.391 e. The molecule has 5 nitrogen and oxygen atoms in total. The van der Waals surface area contributed by atoms with Crippen molar-refractivity contribution in [3.05, 3.63) is 30.1 Å². The van der Waals surface area contributed by atoms with Crippen molar-refractivity contribution < 1.29 is 13.5 Å². The predicted octanol–water partition coefficient (Wildman–Crippen LogP) is 0.452. The molecular weight excluding hydrogens is 264 g/mol. The Bertz CT molecular complexity index is 504. The van der Waals surface area contributed by atoms with Gasteiger partial charge in [-0.2, -0.15) is 0 Å². The first-order valence-electron chi connectivity index (χ1n) is 6.56. The summed E-state index contributed by atoms with van der Waals surface area (Å²) in [6.07, 6.45) is 4.35. The number of hydrogen-bond donors (Lipinski definition) is 2. The Balaban J connectivity index is 2.23. The molecule has 1 fully saturated rings. The Morgan fingerprint density at radius 1 is 1.47 bits per heavy atom. The number of nitrogens with zero attached hydrogens (tertiary/aromatic N) is 1. The van der Waals surface area contributed by atoms with Crippen LogP contribution < -0.4 is 5.73 Å². The molecule has 1 aromatic heterocycles. The van der Waals surface area contributed by atoms with Gasteiger partial charge in [-0.25, -0.2) is 8.42 Å². The van der Waals surface area contributed by atoms with Gasteiger partial charge in [-0.05, 0) is 24.5 Å². The number of aromatic nitrogens is 1. The Labute approximate surface area is 113 Å². The van der Waals surface area contributed by atoms with Crippen LogP contribution in [0.2, 0.25) is 0 Å². The number of aliphatic hydroxyl groups is 1. The number of pyridine rings is 1. The number of sulfone groups is 1. The van der Waals surface area contributed by atoms with Gasteiger partial charge in [-0.15, -0.1) is 0 Å². The van der Waals surface area contributed by atoms with E-state index in [1.165, 1.54) is 0 Å². The van der Waals surface area contributed by atoms with Gasteiger partial charge in [-0.3, -0.25) is 4.98 Å². The highest BCUT2D eigenvalue weighted by Crippen LogP contribution is 2.29. The molecule has 0 amide bonds. The Kier molecular flexibility index (Phi) is 4.54. The molecule has 3 N–H and O–H groups in total. The van der Waals surface area contributed by atoms with E-state index in [0.717, 1.165) is 12.0 Å². The molecule has 0 radical (unpaired) electrons. The van der Waals surface area contributed by atoms with Crippen LogP contribution in [0.3, 0.4) is 0 Å². The molecule has 1 saturated heterocycles. The van der Waals surface area contributed by atoms with Gasteiger partial charge in [-0.1, -0.05) is 12.5 Å². The fourth-order valence-electron chi connectivity index (χ4n) is 2.69. The molecule has 0 bridgehead atoms. The second-order valence-corrected chi connectivity index (χ2v) is 7.36. The van der Waals surface area contributed by atoms with Crippen LogP contribution in [0.1, 0.15) is 30.7 Å². The molecule has 0 aliphatic carbocycles. The van der Waals surface area contributed by atoms with Gasteiger partial charge in [0.2, 0.25) is 0 Å². The van der Waals surface area contributed by atoms with E-state index >= 15 is 0 Å². The van der Waals surface area contributed by atoms with Crippen molar-refractivity contribution in [1.82, 2.24) is 4.98 Å². The van der Waals surface area contributed by atoms with E-state index in [0.29, 0.717) is 12.8 Å². The van der Waals surface area contributed by atoms with Gasteiger partial charge in [0.15, 0.2) is 9.84 Å². The van der Waals surface area contributed by atoms with E-state index in [-0.39, 0.29) is 18.2 Å². The molecule has 1 aromatic rings. The van der Waals surface area contributed by atoms with Crippen molar-refractivity contribution in [2.45, 2.75) is 36.5 Å². The predicted molar refractivity (Wildman–Crippen MR) is 73.5 cm³/mol. The number of rotatable bonds is 4. The second-order valence-electron chi connectivity index (χ2n) is 5.02. The van der Waals surface area contributed by atoms with Crippen LogP contribution in [-0.2, 0) is 9.84 Å². The molecule has 1 aliphatic heterocycles. The first-order valence-corrected chi connectivity index (χ1v) is 8.27. The normalized spacial score (nSPS) is 25.7. The molecule has 1 aliphatic rings. The smallest absolute Gasteiger partial charge is 0.155 e. The number of aliphatic hydroxyl groups excluding tert-OH is 1. The number of nitrogens with two attached hydrogens (primary N) is 1. The topological polar surface area (TPSA) is 93.3 Å². The SMILES string of the molecule is NCC(c1cccnc1)C(O)C1CCCCS1(=O)=O. The summed E-state index contributed by atoms with van der Waals surface area (Å²) in [5.41, 5.74) is 6.51. The van der Waals surface area contributed by atoms with Crippen LogP contribution in [0.4, 0.5) is 0 Å². The van der Waals surface area contributed by atoms with Gasteiger partial charge >= 0.3 is 0 Å². The molecule has 0 aromatic carbocycles. The molecule has 19 heavy (non-hydrogen) atoms. The van der Waals surface area contributed by atoms with Crippen LogP contribution in [0.15, 0.2) is 24.5 Å². The Hall–Kier alpha value is -0.980. The van der Waals surface area contributed by atoms with Crippen LogP contribution >= 0.6 is 0 Å². The third-order valence-corrected chi connectivity index (χ3v) is 6.08. The fourth-order valence-corrected chi connectivity index (χ4v) is 4.74. The summed E-state index contributed by atoms with van der Waals surface area (Å²) in [5.74, 6) is -0.217. The quantitative estimate of drug-likeness (QED) is 0.837. The lowest BCUT2D eigenvalue weighted by molar-refractivity contribution is 0.133. The van der Waals surface area contributed by atoms with Crippen LogP contribution in [-0.4, -0.2) is 42.2 Å². The average molecular weight is 284 g/mol. The summed E-state index contributed by atoms with van der Waals surface area (Å²) in [7, 11) is -3.21. The zero-order chi connectivity index (χ0) is 13.9. The van der Waals surface area contributed by atoms with E-state index in [1.807, 2.05) is 6.07 Å². The first-order chi connectivity index (χ1) is 9.06. The molecule has 0 saturated carbocycles. The van der Waals surface area contributed by atoms with Crippen molar-refractivity contribution in [1.29, 1.82) is 0 Å². The first kappa shape index (κ1) is 14.4. The standard InChI is InChI=1S/C13H20N2O3S/c14-8-11(10-4-3-6-15-9-10)13(16)12-5-1-2-7-19(12,17)18/h3-4,6,9,11-13,16H,1-2,5,7-8,14H2. The molecule has 2 heterocycles. The van der Waals surface area contributed by atoms with Crippen LogP contribution in [0.25, 0.3) is 0 Å². The molecule has 2 rings (SSSR count). The minimum atomic E-state index is -3.21. The van der Waals surface area contributed by atoms with Crippen molar-refractivity contribution in [2.75, 3.05) is 12.3 Å². The van der Waals surface area contributed by atoms with Crippen LogP contribution in [0, 0.1) is 0 Å².